The fourth-order valence-corrected chi connectivity index (χ4v) is 2.18. The van der Waals surface area contributed by atoms with Gasteiger partial charge in [0, 0.05) is 19.0 Å². The molecule has 5 heteroatoms. The molecule has 0 amide bonds. The molecule has 1 aromatic carbocycles. The van der Waals surface area contributed by atoms with Crippen molar-refractivity contribution in [3.63, 3.8) is 0 Å². The van der Waals surface area contributed by atoms with Crippen LogP contribution in [0.2, 0.25) is 5.02 Å². The highest BCUT2D eigenvalue weighted by Gasteiger charge is 2.20. The maximum absolute atomic E-state index is 11.7. The highest BCUT2D eigenvalue weighted by molar-refractivity contribution is 6.32. The lowest BCUT2D eigenvalue weighted by Gasteiger charge is -2.26. The number of hydrogen-bond acceptors (Lipinski definition) is 3. The largest absolute Gasteiger partial charge is 0.381 e. The second kappa shape index (κ2) is 5.67. The standard InChI is InChI=1S/C15H18ClN3O/c1-15(2,11-7-5-4-6-8-11)10-17-12-9-18-19(3)14(20)13(12)16/h4-9,17H,10H2,1-3H3. The van der Waals surface area contributed by atoms with Crippen LogP contribution in [0.25, 0.3) is 0 Å². The molecule has 0 bridgehead atoms. The Kier molecular flexibility index (Phi) is 4.14. The summed E-state index contributed by atoms with van der Waals surface area (Å²) in [5.41, 5.74) is 1.42. The molecule has 0 fully saturated rings. The van der Waals surface area contributed by atoms with E-state index in [-0.39, 0.29) is 16.0 Å². The van der Waals surface area contributed by atoms with E-state index >= 15 is 0 Å². The first-order valence-corrected chi connectivity index (χ1v) is 6.81. The summed E-state index contributed by atoms with van der Waals surface area (Å²) in [6.07, 6.45) is 1.57. The number of benzene rings is 1. The average molecular weight is 292 g/mol. The molecule has 0 aliphatic heterocycles. The molecule has 0 radical (unpaired) electrons. The fourth-order valence-electron chi connectivity index (χ4n) is 1.94. The van der Waals surface area contributed by atoms with E-state index in [4.69, 9.17) is 11.6 Å². The summed E-state index contributed by atoms with van der Waals surface area (Å²) in [6.45, 7) is 4.93. The van der Waals surface area contributed by atoms with E-state index < -0.39 is 0 Å². The minimum Gasteiger partial charge on any atom is -0.381 e. The van der Waals surface area contributed by atoms with Gasteiger partial charge in [-0.1, -0.05) is 55.8 Å². The van der Waals surface area contributed by atoms with Crippen LogP contribution in [0.15, 0.2) is 41.3 Å². The Hall–Kier alpha value is -1.81. The Bertz CT molecular complexity index is 650. The molecule has 0 saturated heterocycles. The van der Waals surface area contributed by atoms with E-state index in [1.807, 2.05) is 18.2 Å². The van der Waals surface area contributed by atoms with Crippen molar-refractivity contribution in [2.45, 2.75) is 19.3 Å². The summed E-state index contributed by atoms with van der Waals surface area (Å²) in [7, 11) is 1.58. The molecular formula is C15H18ClN3O. The predicted octanol–water partition coefficient (Wildman–Crippen LogP) is 2.82. The van der Waals surface area contributed by atoms with Crippen molar-refractivity contribution in [2.24, 2.45) is 7.05 Å². The highest BCUT2D eigenvalue weighted by Crippen LogP contribution is 2.24. The molecule has 20 heavy (non-hydrogen) atoms. The van der Waals surface area contributed by atoms with Crippen LogP contribution in [0.4, 0.5) is 5.69 Å². The molecule has 2 aromatic rings. The lowest BCUT2D eigenvalue weighted by atomic mass is 9.84. The van der Waals surface area contributed by atoms with Crippen molar-refractivity contribution in [1.29, 1.82) is 0 Å². The molecule has 1 N–H and O–H groups in total. The summed E-state index contributed by atoms with van der Waals surface area (Å²) in [5.74, 6) is 0. The molecule has 0 unspecified atom stereocenters. The Morgan fingerprint density at radius 3 is 2.60 bits per heavy atom. The van der Waals surface area contributed by atoms with Gasteiger partial charge in [-0.3, -0.25) is 4.79 Å². The zero-order chi connectivity index (χ0) is 14.8. The average Bonchev–Trinajstić information content (AvgIpc) is 2.45. The van der Waals surface area contributed by atoms with E-state index in [1.165, 1.54) is 10.2 Å². The number of aromatic nitrogens is 2. The number of hydrogen-bond donors (Lipinski definition) is 1. The van der Waals surface area contributed by atoms with Crippen LogP contribution < -0.4 is 10.9 Å². The lowest BCUT2D eigenvalue weighted by molar-refractivity contribution is 0.556. The van der Waals surface area contributed by atoms with Gasteiger partial charge in [0.1, 0.15) is 5.02 Å². The molecule has 1 heterocycles. The fraction of sp³-hybridized carbons (Fsp3) is 0.333. The number of nitrogens with one attached hydrogen (secondary N) is 1. The van der Waals surface area contributed by atoms with Crippen LogP contribution >= 0.6 is 11.6 Å². The Morgan fingerprint density at radius 1 is 1.30 bits per heavy atom. The van der Waals surface area contributed by atoms with Crippen molar-refractivity contribution >= 4 is 17.3 Å². The van der Waals surface area contributed by atoms with Crippen molar-refractivity contribution in [3.8, 4) is 0 Å². The van der Waals surface area contributed by atoms with Crippen LogP contribution in [0.3, 0.4) is 0 Å². The van der Waals surface area contributed by atoms with Gasteiger partial charge in [-0.25, -0.2) is 4.68 Å². The Morgan fingerprint density at radius 2 is 1.95 bits per heavy atom. The van der Waals surface area contributed by atoms with E-state index in [0.29, 0.717) is 12.2 Å². The molecule has 0 aliphatic rings. The number of rotatable bonds is 4. The van der Waals surface area contributed by atoms with Crippen LogP contribution in [0.5, 0.6) is 0 Å². The van der Waals surface area contributed by atoms with Crippen LogP contribution in [-0.2, 0) is 12.5 Å². The van der Waals surface area contributed by atoms with Crippen LogP contribution in [0, 0.1) is 0 Å². The first-order valence-electron chi connectivity index (χ1n) is 6.43. The molecule has 0 spiro atoms. The normalized spacial score (nSPS) is 11.4. The minimum absolute atomic E-state index is 0.0777. The third-order valence-corrected chi connectivity index (χ3v) is 3.72. The number of aryl methyl sites for hydroxylation is 1. The van der Waals surface area contributed by atoms with Gasteiger partial charge in [0.15, 0.2) is 0 Å². The van der Waals surface area contributed by atoms with Gasteiger partial charge in [0.05, 0.1) is 11.9 Å². The highest BCUT2D eigenvalue weighted by atomic mass is 35.5. The van der Waals surface area contributed by atoms with Crippen LogP contribution in [-0.4, -0.2) is 16.3 Å². The molecule has 4 nitrogen and oxygen atoms in total. The summed E-state index contributed by atoms with van der Waals surface area (Å²) in [5, 5.41) is 7.35. The van der Waals surface area contributed by atoms with Gasteiger partial charge in [-0.05, 0) is 5.56 Å². The third kappa shape index (κ3) is 3.02. The molecule has 1 aromatic heterocycles. The van der Waals surface area contributed by atoms with E-state index in [1.54, 1.807) is 13.2 Å². The minimum atomic E-state index is -0.297. The first kappa shape index (κ1) is 14.6. The van der Waals surface area contributed by atoms with Gasteiger partial charge in [0.2, 0.25) is 0 Å². The van der Waals surface area contributed by atoms with Crippen molar-refractivity contribution < 1.29 is 0 Å². The van der Waals surface area contributed by atoms with Gasteiger partial charge >= 0.3 is 0 Å². The van der Waals surface area contributed by atoms with Crippen molar-refractivity contribution in [2.75, 3.05) is 11.9 Å². The van der Waals surface area contributed by atoms with Gasteiger partial charge in [0.25, 0.3) is 5.56 Å². The summed E-state index contributed by atoms with van der Waals surface area (Å²) >= 11 is 6.04. The third-order valence-electron chi connectivity index (χ3n) is 3.35. The topological polar surface area (TPSA) is 46.9 Å². The Labute approximate surface area is 123 Å². The predicted molar refractivity (Wildman–Crippen MR) is 82.4 cm³/mol. The van der Waals surface area contributed by atoms with E-state index in [0.717, 1.165) is 0 Å². The Balaban J connectivity index is 2.17. The summed E-state index contributed by atoms with van der Waals surface area (Å²) in [4.78, 5) is 11.7. The number of halogens is 1. The lowest BCUT2D eigenvalue weighted by Crippen LogP contribution is -2.29. The SMILES string of the molecule is Cn1ncc(NCC(C)(C)c2ccccc2)c(Cl)c1=O. The van der Waals surface area contributed by atoms with E-state index in [9.17, 15) is 4.79 Å². The monoisotopic (exact) mass is 291 g/mol. The summed E-state index contributed by atoms with van der Waals surface area (Å²) < 4.78 is 1.22. The van der Waals surface area contributed by atoms with Crippen molar-refractivity contribution in [1.82, 2.24) is 9.78 Å². The van der Waals surface area contributed by atoms with E-state index in [2.05, 4.69) is 36.4 Å². The molecule has 2 rings (SSSR count). The maximum Gasteiger partial charge on any atom is 0.287 e. The molecule has 0 saturated carbocycles. The zero-order valence-electron chi connectivity index (χ0n) is 11.9. The molecule has 106 valence electrons. The number of anilines is 1. The van der Waals surface area contributed by atoms with Gasteiger partial charge in [-0.15, -0.1) is 0 Å². The van der Waals surface area contributed by atoms with Crippen molar-refractivity contribution in [3.05, 3.63) is 57.5 Å². The number of nitrogens with zero attached hydrogens (tertiary/aromatic N) is 2. The second-order valence-electron chi connectivity index (χ2n) is 5.40. The molecule has 0 aliphatic carbocycles. The molecule has 0 atom stereocenters. The zero-order valence-corrected chi connectivity index (χ0v) is 12.6. The molecular weight excluding hydrogens is 274 g/mol. The first-order chi connectivity index (χ1) is 9.42. The van der Waals surface area contributed by atoms with Gasteiger partial charge < -0.3 is 5.32 Å². The quantitative estimate of drug-likeness (QED) is 0.942. The maximum atomic E-state index is 11.7. The van der Waals surface area contributed by atoms with Crippen LogP contribution in [0.1, 0.15) is 19.4 Å². The smallest absolute Gasteiger partial charge is 0.287 e. The summed E-state index contributed by atoms with van der Waals surface area (Å²) in [6, 6.07) is 10.2. The van der Waals surface area contributed by atoms with Gasteiger partial charge in [-0.2, -0.15) is 5.10 Å². The second-order valence-corrected chi connectivity index (χ2v) is 5.78.